The minimum Gasteiger partial charge on any atom is -0.377 e. The van der Waals surface area contributed by atoms with E-state index in [-0.39, 0.29) is 11.9 Å². The number of halogens is 3. The summed E-state index contributed by atoms with van der Waals surface area (Å²) in [4.78, 5) is 4.49. The van der Waals surface area contributed by atoms with Crippen molar-refractivity contribution >= 4 is 44.1 Å². The SMILES string of the molecule is Cc1nc2ccccc2c(NC(C)c2cc(Br)ccc2F)c1Cl. The van der Waals surface area contributed by atoms with Gasteiger partial charge in [-0.25, -0.2) is 4.39 Å². The maximum absolute atomic E-state index is 14.1. The summed E-state index contributed by atoms with van der Waals surface area (Å²) in [6, 6.07) is 12.4. The lowest BCUT2D eigenvalue weighted by Crippen LogP contribution is -2.10. The molecule has 1 N–H and O–H groups in total. The average molecular weight is 394 g/mol. The first-order chi connectivity index (χ1) is 11.0. The molecule has 1 atom stereocenters. The monoisotopic (exact) mass is 392 g/mol. The van der Waals surface area contributed by atoms with Gasteiger partial charge in [-0.05, 0) is 38.1 Å². The highest BCUT2D eigenvalue weighted by Crippen LogP contribution is 2.35. The lowest BCUT2D eigenvalue weighted by atomic mass is 10.1. The van der Waals surface area contributed by atoms with Gasteiger partial charge in [0.1, 0.15) is 5.82 Å². The quantitative estimate of drug-likeness (QED) is 0.567. The Kier molecular flexibility index (Phi) is 4.55. The number of aryl methyl sites for hydroxylation is 1. The molecule has 0 aliphatic rings. The van der Waals surface area contributed by atoms with Crippen LogP contribution in [0.25, 0.3) is 10.9 Å². The number of rotatable bonds is 3. The van der Waals surface area contributed by atoms with Crippen molar-refractivity contribution in [2.75, 3.05) is 5.32 Å². The van der Waals surface area contributed by atoms with Gasteiger partial charge in [0, 0.05) is 15.4 Å². The van der Waals surface area contributed by atoms with E-state index < -0.39 is 0 Å². The van der Waals surface area contributed by atoms with Gasteiger partial charge < -0.3 is 5.32 Å². The normalized spacial score (nSPS) is 12.4. The Morgan fingerprint density at radius 3 is 2.74 bits per heavy atom. The number of fused-ring (bicyclic) bond motifs is 1. The number of benzene rings is 2. The summed E-state index contributed by atoms with van der Waals surface area (Å²) in [5.41, 5.74) is 2.96. The van der Waals surface area contributed by atoms with Crippen LogP contribution in [0.4, 0.5) is 10.1 Å². The third kappa shape index (κ3) is 3.19. The van der Waals surface area contributed by atoms with Crippen LogP contribution in [0.3, 0.4) is 0 Å². The number of pyridine rings is 1. The second-order valence-corrected chi connectivity index (χ2v) is 6.73. The van der Waals surface area contributed by atoms with Crippen LogP contribution in [0, 0.1) is 12.7 Å². The van der Waals surface area contributed by atoms with E-state index in [0.717, 1.165) is 26.8 Å². The largest absolute Gasteiger partial charge is 0.377 e. The molecular formula is C18H15BrClFN2. The van der Waals surface area contributed by atoms with Crippen molar-refractivity contribution in [1.82, 2.24) is 4.98 Å². The lowest BCUT2D eigenvalue weighted by molar-refractivity contribution is 0.600. The average Bonchev–Trinajstić information content (AvgIpc) is 2.54. The van der Waals surface area contributed by atoms with Crippen LogP contribution in [0.15, 0.2) is 46.9 Å². The predicted molar refractivity (Wildman–Crippen MR) is 97.6 cm³/mol. The molecule has 1 heterocycles. The van der Waals surface area contributed by atoms with Gasteiger partial charge in [0.2, 0.25) is 0 Å². The standard InChI is InChI=1S/C18H15BrClFN2/c1-10(14-9-12(19)7-8-15(14)21)23-18-13-5-3-4-6-16(13)22-11(2)17(18)20/h3-10H,1-2H3,(H,22,23). The first-order valence-corrected chi connectivity index (χ1v) is 8.41. The third-order valence-electron chi connectivity index (χ3n) is 3.78. The summed E-state index contributed by atoms with van der Waals surface area (Å²) in [6.07, 6.45) is 0. The molecule has 0 radical (unpaired) electrons. The van der Waals surface area contributed by atoms with Gasteiger partial charge in [-0.1, -0.05) is 45.7 Å². The Morgan fingerprint density at radius 1 is 1.22 bits per heavy atom. The number of aromatic nitrogens is 1. The van der Waals surface area contributed by atoms with Crippen molar-refractivity contribution in [3.63, 3.8) is 0 Å². The molecule has 5 heteroatoms. The summed E-state index contributed by atoms with van der Waals surface area (Å²) >= 11 is 9.83. The molecular weight excluding hydrogens is 379 g/mol. The van der Waals surface area contributed by atoms with Crippen LogP contribution in [-0.4, -0.2) is 4.98 Å². The minimum atomic E-state index is -0.251. The zero-order valence-electron chi connectivity index (χ0n) is 12.7. The Balaban J connectivity index is 2.07. The molecule has 1 unspecified atom stereocenters. The first kappa shape index (κ1) is 16.2. The van der Waals surface area contributed by atoms with E-state index in [1.165, 1.54) is 6.07 Å². The molecule has 0 bridgehead atoms. The zero-order chi connectivity index (χ0) is 16.6. The van der Waals surface area contributed by atoms with Gasteiger partial charge >= 0.3 is 0 Å². The van der Waals surface area contributed by atoms with Crippen LogP contribution < -0.4 is 5.32 Å². The van der Waals surface area contributed by atoms with E-state index in [1.54, 1.807) is 12.1 Å². The van der Waals surface area contributed by atoms with Gasteiger partial charge in [-0.3, -0.25) is 4.98 Å². The van der Waals surface area contributed by atoms with Crippen LogP contribution >= 0.6 is 27.5 Å². The molecule has 3 aromatic rings. The van der Waals surface area contributed by atoms with Crippen molar-refractivity contribution in [1.29, 1.82) is 0 Å². The highest BCUT2D eigenvalue weighted by Gasteiger charge is 2.16. The van der Waals surface area contributed by atoms with Crippen molar-refractivity contribution in [2.45, 2.75) is 19.9 Å². The summed E-state index contributed by atoms with van der Waals surface area (Å²) in [5, 5.41) is 4.83. The van der Waals surface area contributed by atoms with Gasteiger partial charge in [-0.15, -0.1) is 0 Å². The first-order valence-electron chi connectivity index (χ1n) is 7.23. The minimum absolute atomic E-state index is 0.241. The number of anilines is 1. The Bertz CT molecular complexity index is 882. The van der Waals surface area contributed by atoms with Crippen LogP contribution in [0.1, 0.15) is 24.2 Å². The number of nitrogens with zero attached hydrogens (tertiary/aromatic N) is 1. The van der Waals surface area contributed by atoms with Gasteiger partial charge in [0.15, 0.2) is 0 Å². The number of para-hydroxylation sites is 1. The maximum atomic E-state index is 14.1. The highest BCUT2D eigenvalue weighted by molar-refractivity contribution is 9.10. The fourth-order valence-electron chi connectivity index (χ4n) is 2.59. The van der Waals surface area contributed by atoms with E-state index in [9.17, 15) is 4.39 Å². The van der Waals surface area contributed by atoms with Crippen molar-refractivity contribution in [2.24, 2.45) is 0 Å². The molecule has 0 spiro atoms. The van der Waals surface area contributed by atoms with Crippen molar-refractivity contribution in [3.05, 3.63) is 69.0 Å². The van der Waals surface area contributed by atoms with E-state index in [4.69, 9.17) is 11.6 Å². The summed E-state index contributed by atoms with van der Waals surface area (Å²) in [6.45, 7) is 3.77. The molecule has 1 aromatic heterocycles. The Morgan fingerprint density at radius 2 is 1.96 bits per heavy atom. The highest BCUT2D eigenvalue weighted by atomic mass is 79.9. The van der Waals surface area contributed by atoms with Crippen LogP contribution in [0.5, 0.6) is 0 Å². The molecule has 23 heavy (non-hydrogen) atoms. The predicted octanol–water partition coefficient (Wildman–Crippen LogP) is 6.27. The molecule has 0 saturated carbocycles. The van der Waals surface area contributed by atoms with Crippen molar-refractivity contribution in [3.8, 4) is 0 Å². The summed E-state index contributed by atoms with van der Waals surface area (Å²) in [7, 11) is 0. The molecule has 0 aliphatic heterocycles. The smallest absolute Gasteiger partial charge is 0.128 e. The van der Waals surface area contributed by atoms with E-state index in [2.05, 4.69) is 26.2 Å². The Hall–Kier alpha value is -1.65. The van der Waals surface area contributed by atoms with Crippen molar-refractivity contribution < 1.29 is 4.39 Å². The zero-order valence-corrected chi connectivity index (χ0v) is 15.0. The topological polar surface area (TPSA) is 24.9 Å². The summed E-state index contributed by atoms with van der Waals surface area (Å²) < 4.78 is 14.9. The molecule has 0 aliphatic carbocycles. The fraction of sp³-hybridized carbons (Fsp3) is 0.167. The number of hydrogen-bond donors (Lipinski definition) is 1. The molecule has 2 nitrogen and oxygen atoms in total. The second-order valence-electron chi connectivity index (χ2n) is 5.44. The van der Waals surface area contributed by atoms with E-state index in [1.807, 2.05) is 38.1 Å². The van der Waals surface area contributed by atoms with E-state index >= 15 is 0 Å². The van der Waals surface area contributed by atoms with Gasteiger partial charge in [0.25, 0.3) is 0 Å². The van der Waals surface area contributed by atoms with Crippen LogP contribution in [-0.2, 0) is 0 Å². The lowest BCUT2D eigenvalue weighted by Gasteiger charge is -2.20. The molecule has 0 saturated heterocycles. The van der Waals surface area contributed by atoms with E-state index in [0.29, 0.717) is 10.6 Å². The second kappa shape index (κ2) is 6.46. The summed E-state index contributed by atoms with van der Waals surface area (Å²) in [5.74, 6) is -0.251. The van der Waals surface area contributed by atoms with Gasteiger partial charge in [0.05, 0.1) is 28.0 Å². The molecule has 3 rings (SSSR count). The molecule has 0 fully saturated rings. The number of hydrogen-bond acceptors (Lipinski definition) is 2. The third-order valence-corrected chi connectivity index (χ3v) is 4.74. The molecule has 0 amide bonds. The molecule has 2 aromatic carbocycles. The molecule has 118 valence electrons. The number of nitrogens with one attached hydrogen (secondary N) is 1. The fourth-order valence-corrected chi connectivity index (χ4v) is 3.17. The maximum Gasteiger partial charge on any atom is 0.128 e. The van der Waals surface area contributed by atoms with Gasteiger partial charge in [-0.2, -0.15) is 0 Å². The van der Waals surface area contributed by atoms with Crippen LogP contribution in [0.2, 0.25) is 5.02 Å². The Labute approximate surface area is 147 Å².